The number of hydrogen-bond acceptors (Lipinski definition) is 5. The minimum atomic E-state index is -0.685. The Balaban J connectivity index is 3.48. The molecule has 6 heteroatoms. The number of ether oxygens (including phenoxy) is 1. The highest BCUT2D eigenvalue weighted by Gasteiger charge is 2.20. The number of rotatable bonds is 54. The number of aliphatic hydroxyl groups excluding tert-OH is 2. The highest BCUT2D eigenvalue weighted by Crippen LogP contribution is 2.18. The van der Waals surface area contributed by atoms with Gasteiger partial charge in [0.2, 0.25) is 5.91 Å². The van der Waals surface area contributed by atoms with Crippen molar-refractivity contribution in [3.05, 3.63) is 12.2 Å². The molecule has 0 bridgehead atoms. The van der Waals surface area contributed by atoms with Crippen LogP contribution in [0.3, 0.4) is 0 Å². The lowest BCUT2D eigenvalue weighted by molar-refractivity contribution is -0.143. The molecule has 0 aromatic heterocycles. The molecular weight excluding hydrogens is 791 g/mol. The molecule has 0 aromatic rings. The number of carbonyl (C=O) groups is 2. The van der Waals surface area contributed by atoms with Crippen LogP contribution in [0.2, 0.25) is 0 Å². The van der Waals surface area contributed by atoms with Crippen LogP contribution in [0.15, 0.2) is 12.2 Å². The monoisotopic (exact) mass is 904 g/mol. The maximum atomic E-state index is 12.5. The van der Waals surface area contributed by atoms with Crippen LogP contribution in [0, 0.1) is 0 Å². The maximum absolute atomic E-state index is 12.5. The second-order valence-electron chi connectivity index (χ2n) is 20.0. The maximum Gasteiger partial charge on any atom is 0.305 e. The van der Waals surface area contributed by atoms with Gasteiger partial charge >= 0.3 is 5.97 Å². The zero-order valence-corrected chi connectivity index (χ0v) is 43.3. The van der Waals surface area contributed by atoms with E-state index >= 15 is 0 Å². The van der Waals surface area contributed by atoms with Crippen molar-refractivity contribution in [2.45, 2.75) is 334 Å². The quantitative estimate of drug-likeness (QED) is 0.0321. The van der Waals surface area contributed by atoms with Crippen LogP contribution in [0.1, 0.15) is 322 Å². The summed E-state index contributed by atoms with van der Waals surface area (Å²) in [6, 6.07) is -0.566. The van der Waals surface area contributed by atoms with Gasteiger partial charge in [0, 0.05) is 12.8 Å². The summed E-state index contributed by atoms with van der Waals surface area (Å²) in [4.78, 5) is 24.6. The van der Waals surface area contributed by atoms with Crippen LogP contribution in [0.25, 0.3) is 0 Å². The van der Waals surface area contributed by atoms with E-state index in [4.69, 9.17) is 4.74 Å². The summed E-state index contributed by atoms with van der Waals surface area (Å²) < 4.78 is 5.45. The fraction of sp³-hybridized carbons (Fsp3) is 0.931. The third kappa shape index (κ3) is 50.0. The summed E-state index contributed by atoms with van der Waals surface area (Å²) in [7, 11) is 0. The first-order valence-corrected chi connectivity index (χ1v) is 28.9. The number of carbonyl (C=O) groups excluding carboxylic acids is 2. The van der Waals surface area contributed by atoms with Crippen molar-refractivity contribution in [2.24, 2.45) is 0 Å². The van der Waals surface area contributed by atoms with E-state index in [9.17, 15) is 19.8 Å². The van der Waals surface area contributed by atoms with Crippen molar-refractivity contribution >= 4 is 11.9 Å². The third-order valence-corrected chi connectivity index (χ3v) is 13.6. The Labute approximate surface area is 399 Å². The van der Waals surface area contributed by atoms with Crippen LogP contribution >= 0.6 is 0 Å². The van der Waals surface area contributed by atoms with Crippen LogP contribution in [-0.2, 0) is 14.3 Å². The van der Waals surface area contributed by atoms with E-state index in [1.807, 2.05) is 0 Å². The smallest absolute Gasteiger partial charge is 0.305 e. The fourth-order valence-electron chi connectivity index (χ4n) is 9.11. The van der Waals surface area contributed by atoms with E-state index in [2.05, 4.69) is 31.3 Å². The number of esters is 1. The average Bonchev–Trinajstić information content (AvgIpc) is 3.29. The molecule has 0 radical (unpaired) electrons. The molecule has 0 aliphatic carbocycles. The lowest BCUT2D eigenvalue weighted by Gasteiger charge is -2.22. The van der Waals surface area contributed by atoms with E-state index in [1.165, 1.54) is 212 Å². The molecule has 6 nitrogen and oxygen atoms in total. The molecule has 0 heterocycles. The van der Waals surface area contributed by atoms with Gasteiger partial charge in [0.1, 0.15) is 0 Å². The molecule has 2 atom stereocenters. The Hall–Kier alpha value is -1.40. The zero-order valence-electron chi connectivity index (χ0n) is 43.3. The average molecular weight is 905 g/mol. The Bertz CT molecular complexity index is 955. The van der Waals surface area contributed by atoms with E-state index in [0.717, 1.165) is 77.0 Å². The molecule has 1 amide bonds. The van der Waals surface area contributed by atoms with Gasteiger partial charge in [-0.1, -0.05) is 270 Å². The highest BCUT2D eigenvalue weighted by atomic mass is 16.5. The number of hydrogen-bond donors (Lipinski definition) is 3. The van der Waals surface area contributed by atoms with Gasteiger partial charge in [0.25, 0.3) is 0 Å². The predicted octanol–water partition coefficient (Wildman–Crippen LogP) is 17.7. The van der Waals surface area contributed by atoms with Gasteiger partial charge in [-0.25, -0.2) is 0 Å². The summed E-state index contributed by atoms with van der Waals surface area (Å²) in [6.45, 7) is 4.89. The van der Waals surface area contributed by atoms with Crippen LogP contribution < -0.4 is 5.32 Å². The third-order valence-electron chi connectivity index (χ3n) is 13.6. The Morgan fingerprint density at radius 1 is 0.422 bits per heavy atom. The largest absolute Gasteiger partial charge is 0.466 e. The van der Waals surface area contributed by atoms with Crippen LogP contribution in [0.5, 0.6) is 0 Å². The van der Waals surface area contributed by atoms with Crippen LogP contribution in [0.4, 0.5) is 0 Å². The molecule has 0 aliphatic heterocycles. The van der Waals surface area contributed by atoms with E-state index in [-0.39, 0.29) is 18.5 Å². The first-order chi connectivity index (χ1) is 31.5. The molecule has 0 saturated carbocycles. The number of amides is 1. The number of aliphatic hydroxyl groups is 2. The van der Waals surface area contributed by atoms with Gasteiger partial charge in [-0.15, -0.1) is 0 Å². The van der Waals surface area contributed by atoms with Crippen molar-refractivity contribution in [3.63, 3.8) is 0 Å². The molecule has 380 valence electrons. The SMILES string of the molecule is CCCCCCCCCCCCCCCCCCCCCC(O)C(CO)NC(=O)CCCCCC/C=C\CCCCOC(=O)CCCCCCCCCCCCCCCCCCCC. The van der Waals surface area contributed by atoms with Crippen molar-refractivity contribution in [2.75, 3.05) is 13.2 Å². The molecule has 0 aliphatic rings. The number of allylic oxidation sites excluding steroid dienone is 2. The van der Waals surface area contributed by atoms with E-state index < -0.39 is 12.1 Å². The second kappa shape index (κ2) is 54.2. The van der Waals surface area contributed by atoms with Gasteiger partial charge in [0.05, 0.1) is 25.4 Å². The fourth-order valence-corrected chi connectivity index (χ4v) is 9.11. The van der Waals surface area contributed by atoms with Crippen molar-refractivity contribution in [1.29, 1.82) is 0 Å². The molecular formula is C58H113NO5. The van der Waals surface area contributed by atoms with Crippen molar-refractivity contribution in [3.8, 4) is 0 Å². The number of unbranched alkanes of at least 4 members (excludes halogenated alkanes) is 41. The van der Waals surface area contributed by atoms with Crippen molar-refractivity contribution in [1.82, 2.24) is 5.32 Å². The summed E-state index contributed by atoms with van der Waals surface area (Å²) >= 11 is 0. The lowest BCUT2D eigenvalue weighted by atomic mass is 10.0. The first kappa shape index (κ1) is 62.6. The topological polar surface area (TPSA) is 95.9 Å². The Kier molecular flexibility index (Phi) is 53.0. The summed E-state index contributed by atoms with van der Waals surface area (Å²) in [5.74, 6) is -0.0982. The summed E-state index contributed by atoms with van der Waals surface area (Å²) in [5.41, 5.74) is 0. The lowest BCUT2D eigenvalue weighted by Crippen LogP contribution is -2.45. The van der Waals surface area contributed by atoms with E-state index in [1.54, 1.807) is 0 Å². The van der Waals surface area contributed by atoms with Gasteiger partial charge in [-0.05, 0) is 51.4 Å². The molecule has 0 aromatic carbocycles. The molecule has 0 saturated heterocycles. The van der Waals surface area contributed by atoms with Gasteiger partial charge < -0.3 is 20.3 Å². The van der Waals surface area contributed by atoms with Gasteiger partial charge in [-0.2, -0.15) is 0 Å². The second-order valence-corrected chi connectivity index (χ2v) is 20.0. The van der Waals surface area contributed by atoms with Gasteiger partial charge in [0.15, 0.2) is 0 Å². The number of nitrogens with one attached hydrogen (secondary N) is 1. The Morgan fingerprint density at radius 2 is 0.734 bits per heavy atom. The van der Waals surface area contributed by atoms with Gasteiger partial charge in [-0.3, -0.25) is 9.59 Å². The Morgan fingerprint density at radius 3 is 1.11 bits per heavy atom. The standard InChI is InChI=1S/C58H113NO5/c1-3-5-7-9-11-13-15-17-19-21-23-24-26-28-30-34-38-42-46-50-56(61)55(54-60)59-57(62)51-47-43-39-35-32-33-37-41-45-49-53-64-58(63)52-48-44-40-36-31-29-27-25-22-20-18-16-14-12-10-8-6-4-2/h33,37,55-56,60-61H,3-32,34-36,38-54H2,1-2H3,(H,59,62)/b37-33-. The minimum absolute atomic E-state index is 0.0310. The molecule has 0 fully saturated rings. The van der Waals surface area contributed by atoms with E-state index in [0.29, 0.717) is 25.9 Å². The highest BCUT2D eigenvalue weighted by molar-refractivity contribution is 5.76. The first-order valence-electron chi connectivity index (χ1n) is 28.9. The molecule has 0 spiro atoms. The molecule has 64 heavy (non-hydrogen) atoms. The van der Waals surface area contributed by atoms with Crippen LogP contribution in [-0.4, -0.2) is 47.4 Å². The molecule has 0 rings (SSSR count). The molecule has 2 unspecified atom stereocenters. The normalized spacial score (nSPS) is 12.6. The molecule has 3 N–H and O–H groups in total. The predicted molar refractivity (Wildman–Crippen MR) is 278 cm³/mol. The summed E-state index contributed by atoms with van der Waals surface area (Å²) in [6.07, 6.45) is 63.5. The zero-order chi connectivity index (χ0) is 46.5. The minimum Gasteiger partial charge on any atom is -0.466 e. The van der Waals surface area contributed by atoms with Crippen molar-refractivity contribution < 1.29 is 24.5 Å². The summed E-state index contributed by atoms with van der Waals surface area (Å²) in [5, 5.41) is 23.3.